The minimum absolute atomic E-state index is 0.167. The fourth-order valence-electron chi connectivity index (χ4n) is 2.61. The topological polar surface area (TPSA) is 49.0 Å². The van der Waals surface area contributed by atoms with Crippen LogP contribution in [0.15, 0.2) is 47.4 Å². The Kier molecular flexibility index (Phi) is 6.30. The number of fused-ring (bicyclic) bond motifs is 1. The van der Waals surface area contributed by atoms with E-state index < -0.39 is 0 Å². The van der Waals surface area contributed by atoms with Gasteiger partial charge in [-0.1, -0.05) is 18.2 Å². The van der Waals surface area contributed by atoms with Gasteiger partial charge in [0, 0.05) is 23.7 Å². The monoisotopic (exact) mass is 361 g/mol. The smallest absolute Gasteiger partial charge is 0.203 e. The SMILES string of the molecule is COc1cccc(OC)c1OCCNC[C@H]1CSc2ccccc2O1. The molecule has 1 aliphatic heterocycles. The van der Waals surface area contributed by atoms with Crippen molar-refractivity contribution in [3.63, 3.8) is 0 Å². The summed E-state index contributed by atoms with van der Waals surface area (Å²) < 4.78 is 22.5. The molecule has 0 spiro atoms. The van der Waals surface area contributed by atoms with E-state index in [0.717, 1.165) is 18.0 Å². The first-order valence-corrected chi connectivity index (χ1v) is 9.23. The van der Waals surface area contributed by atoms with Crippen LogP contribution in [-0.2, 0) is 0 Å². The van der Waals surface area contributed by atoms with Gasteiger partial charge in [-0.25, -0.2) is 0 Å². The maximum atomic E-state index is 6.01. The van der Waals surface area contributed by atoms with Crippen molar-refractivity contribution in [2.24, 2.45) is 0 Å². The Hall–Kier alpha value is -2.05. The van der Waals surface area contributed by atoms with Crippen molar-refractivity contribution in [2.75, 3.05) is 39.7 Å². The average Bonchev–Trinajstić information content (AvgIpc) is 2.67. The van der Waals surface area contributed by atoms with Gasteiger partial charge in [0.25, 0.3) is 0 Å². The number of thioether (sulfide) groups is 1. The predicted molar refractivity (Wildman–Crippen MR) is 99.5 cm³/mol. The minimum Gasteiger partial charge on any atom is -0.493 e. The molecule has 0 radical (unpaired) electrons. The number of benzene rings is 2. The van der Waals surface area contributed by atoms with Gasteiger partial charge in [-0.15, -0.1) is 11.8 Å². The molecular weight excluding hydrogens is 338 g/mol. The van der Waals surface area contributed by atoms with E-state index in [1.165, 1.54) is 4.90 Å². The Labute approximate surface area is 152 Å². The normalized spacial score (nSPS) is 15.8. The van der Waals surface area contributed by atoms with Crippen LogP contribution in [-0.4, -0.2) is 45.8 Å². The van der Waals surface area contributed by atoms with E-state index in [1.807, 2.05) is 48.2 Å². The summed E-state index contributed by atoms with van der Waals surface area (Å²) in [5.74, 6) is 3.89. The van der Waals surface area contributed by atoms with E-state index in [4.69, 9.17) is 18.9 Å². The third-order valence-electron chi connectivity index (χ3n) is 3.85. The van der Waals surface area contributed by atoms with Crippen LogP contribution in [0.4, 0.5) is 0 Å². The fraction of sp³-hybridized carbons (Fsp3) is 0.368. The van der Waals surface area contributed by atoms with Crippen molar-refractivity contribution in [3.8, 4) is 23.0 Å². The highest BCUT2D eigenvalue weighted by molar-refractivity contribution is 7.99. The summed E-state index contributed by atoms with van der Waals surface area (Å²) in [7, 11) is 3.24. The van der Waals surface area contributed by atoms with Crippen molar-refractivity contribution in [2.45, 2.75) is 11.0 Å². The average molecular weight is 361 g/mol. The first kappa shape index (κ1) is 17.8. The fourth-order valence-corrected chi connectivity index (χ4v) is 3.60. The summed E-state index contributed by atoms with van der Waals surface area (Å²) in [6.07, 6.45) is 0.167. The van der Waals surface area contributed by atoms with Crippen molar-refractivity contribution >= 4 is 11.8 Å². The van der Waals surface area contributed by atoms with E-state index in [-0.39, 0.29) is 6.10 Å². The Balaban J connectivity index is 1.43. The van der Waals surface area contributed by atoms with Gasteiger partial charge in [-0.05, 0) is 24.3 Å². The molecule has 0 unspecified atom stereocenters. The van der Waals surface area contributed by atoms with Crippen molar-refractivity contribution in [3.05, 3.63) is 42.5 Å². The number of hydrogen-bond acceptors (Lipinski definition) is 6. The number of hydrogen-bond donors (Lipinski definition) is 1. The molecule has 0 bridgehead atoms. The van der Waals surface area contributed by atoms with E-state index >= 15 is 0 Å². The van der Waals surface area contributed by atoms with Crippen molar-refractivity contribution in [1.82, 2.24) is 5.32 Å². The van der Waals surface area contributed by atoms with E-state index in [2.05, 4.69) is 11.4 Å². The maximum Gasteiger partial charge on any atom is 0.203 e. The highest BCUT2D eigenvalue weighted by Gasteiger charge is 2.19. The molecule has 5 nitrogen and oxygen atoms in total. The molecule has 2 aromatic rings. The predicted octanol–water partition coefficient (Wildman–Crippen LogP) is 3.23. The molecule has 0 saturated heterocycles. The molecule has 134 valence electrons. The quantitative estimate of drug-likeness (QED) is 0.729. The molecular formula is C19H23NO4S. The van der Waals surface area contributed by atoms with Gasteiger partial charge in [0.05, 0.1) is 14.2 Å². The Morgan fingerprint density at radius 3 is 2.60 bits per heavy atom. The van der Waals surface area contributed by atoms with Crippen LogP contribution < -0.4 is 24.3 Å². The number of para-hydroxylation sites is 2. The summed E-state index contributed by atoms with van der Waals surface area (Å²) in [5.41, 5.74) is 0. The minimum atomic E-state index is 0.167. The third kappa shape index (κ3) is 4.52. The summed E-state index contributed by atoms with van der Waals surface area (Å²) >= 11 is 1.84. The number of ether oxygens (including phenoxy) is 4. The lowest BCUT2D eigenvalue weighted by atomic mass is 10.3. The second-order valence-electron chi connectivity index (χ2n) is 5.54. The van der Waals surface area contributed by atoms with Crippen molar-refractivity contribution in [1.29, 1.82) is 0 Å². The lowest BCUT2D eigenvalue weighted by Crippen LogP contribution is -2.36. The summed E-state index contributed by atoms with van der Waals surface area (Å²) in [5, 5.41) is 3.39. The summed E-state index contributed by atoms with van der Waals surface area (Å²) in [6, 6.07) is 13.7. The van der Waals surface area contributed by atoms with Gasteiger partial charge >= 0.3 is 0 Å². The van der Waals surface area contributed by atoms with Gasteiger partial charge < -0.3 is 24.3 Å². The standard InChI is InChI=1S/C19H23NO4S/c1-21-16-7-5-8-17(22-2)19(16)23-11-10-20-12-14-13-25-18-9-4-3-6-15(18)24-14/h3-9,14,20H,10-13H2,1-2H3/t14-/m0/s1. The van der Waals surface area contributed by atoms with Crippen LogP contribution >= 0.6 is 11.8 Å². The Bertz CT molecular complexity index is 673. The number of methoxy groups -OCH3 is 2. The van der Waals surface area contributed by atoms with E-state index in [1.54, 1.807) is 14.2 Å². The molecule has 0 aromatic heterocycles. The van der Waals surface area contributed by atoms with Gasteiger partial charge in [0.15, 0.2) is 11.5 Å². The molecule has 0 aliphatic carbocycles. The molecule has 1 heterocycles. The van der Waals surface area contributed by atoms with Crippen LogP contribution in [0.2, 0.25) is 0 Å². The molecule has 1 aliphatic rings. The molecule has 0 saturated carbocycles. The first-order valence-electron chi connectivity index (χ1n) is 8.25. The van der Waals surface area contributed by atoms with E-state index in [9.17, 15) is 0 Å². The Morgan fingerprint density at radius 1 is 1.08 bits per heavy atom. The molecule has 6 heteroatoms. The lowest BCUT2D eigenvalue weighted by molar-refractivity contribution is 0.205. The highest BCUT2D eigenvalue weighted by Crippen LogP contribution is 2.36. The van der Waals surface area contributed by atoms with Gasteiger partial charge in [-0.2, -0.15) is 0 Å². The third-order valence-corrected chi connectivity index (χ3v) is 5.03. The molecule has 2 aromatic carbocycles. The zero-order valence-electron chi connectivity index (χ0n) is 14.5. The molecule has 0 amide bonds. The van der Waals surface area contributed by atoms with Crippen LogP contribution in [0.3, 0.4) is 0 Å². The summed E-state index contributed by atoms with van der Waals surface area (Å²) in [4.78, 5) is 1.21. The lowest BCUT2D eigenvalue weighted by Gasteiger charge is -2.25. The Morgan fingerprint density at radius 2 is 1.84 bits per heavy atom. The molecule has 1 atom stereocenters. The summed E-state index contributed by atoms with van der Waals surface area (Å²) in [6.45, 7) is 2.02. The van der Waals surface area contributed by atoms with Crippen LogP contribution in [0, 0.1) is 0 Å². The van der Waals surface area contributed by atoms with Crippen LogP contribution in [0.1, 0.15) is 0 Å². The highest BCUT2D eigenvalue weighted by atomic mass is 32.2. The zero-order chi connectivity index (χ0) is 17.5. The largest absolute Gasteiger partial charge is 0.493 e. The number of nitrogens with one attached hydrogen (secondary N) is 1. The molecule has 0 fully saturated rings. The van der Waals surface area contributed by atoms with Gasteiger partial charge in [0.2, 0.25) is 5.75 Å². The zero-order valence-corrected chi connectivity index (χ0v) is 15.3. The second kappa shape index (κ2) is 8.87. The second-order valence-corrected chi connectivity index (χ2v) is 6.60. The van der Waals surface area contributed by atoms with Gasteiger partial charge in [0.1, 0.15) is 18.5 Å². The van der Waals surface area contributed by atoms with Crippen LogP contribution in [0.5, 0.6) is 23.0 Å². The van der Waals surface area contributed by atoms with Crippen LogP contribution in [0.25, 0.3) is 0 Å². The van der Waals surface area contributed by atoms with Gasteiger partial charge in [-0.3, -0.25) is 0 Å². The maximum absolute atomic E-state index is 6.01. The molecule has 1 N–H and O–H groups in total. The molecule has 25 heavy (non-hydrogen) atoms. The van der Waals surface area contributed by atoms with Crippen molar-refractivity contribution < 1.29 is 18.9 Å². The van der Waals surface area contributed by atoms with E-state index in [0.29, 0.717) is 30.4 Å². The molecule has 3 rings (SSSR count). The number of rotatable bonds is 8. The first-order chi connectivity index (χ1) is 12.3.